The summed E-state index contributed by atoms with van der Waals surface area (Å²) in [6.45, 7) is 3.02. The van der Waals surface area contributed by atoms with Crippen molar-refractivity contribution in [3.8, 4) is 11.5 Å². The van der Waals surface area contributed by atoms with E-state index >= 15 is 0 Å². The maximum Gasteiger partial charge on any atom is 0.407 e. The molecule has 2 N–H and O–H groups in total. The fourth-order valence-electron chi connectivity index (χ4n) is 3.85. The molecule has 1 unspecified atom stereocenters. The van der Waals surface area contributed by atoms with Gasteiger partial charge in [-0.15, -0.1) is 0 Å². The van der Waals surface area contributed by atoms with Gasteiger partial charge in [-0.1, -0.05) is 30.3 Å². The summed E-state index contributed by atoms with van der Waals surface area (Å²) in [6, 6.07) is 10.3. The molecule has 190 valence electrons. The average molecular weight is 492 g/mol. The van der Waals surface area contributed by atoms with E-state index in [2.05, 4.69) is 0 Å². The van der Waals surface area contributed by atoms with Crippen LogP contribution < -0.4 is 9.47 Å². The molecule has 3 atom stereocenters. The van der Waals surface area contributed by atoms with Crippen LogP contribution in [-0.2, 0) is 16.1 Å². The Morgan fingerprint density at radius 2 is 1.97 bits per heavy atom. The fraction of sp³-hybridized carbons (Fsp3) is 0.440. The Labute approximate surface area is 203 Å². The molecule has 9 nitrogen and oxygen atoms in total. The van der Waals surface area contributed by atoms with Gasteiger partial charge in [0.2, 0.25) is 0 Å². The van der Waals surface area contributed by atoms with Crippen LogP contribution >= 0.6 is 0 Å². The van der Waals surface area contributed by atoms with Gasteiger partial charge in [0.05, 0.1) is 39.0 Å². The number of carbonyl (C=O) groups excluding carboxylic acids is 1. The SMILES string of the molecule is COC(=O)c1c(OC[C@H]2C[C@H](OCc3ccccc3)CN2C(=O)O)cc(C)c(F)c1OC(C)CO. The van der Waals surface area contributed by atoms with Gasteiger partial charge in [0.15, 0.2) is 11.6 Å². The number of carbonyl (C=O) groups is 2. The molecule has 2 aromatic rings. The van der Waals surface area contributed by atoms with Crippen LogP contribution in [0.15, 0.2) is 36.4 Å². The Balaban J connectivity index is 1.78. The summed E-state index contributed by atoms with van der Waals surface area (Å²) >= 11 is 0. The van der Waals surface area contributed by atoms with E-state index in [0.29, 0.717) is 13.0 Å². The predicted octanol–water partition coefficient (Wildman–Crippen LogP) is 3.40. The third-order valence-electron chi connectivity index (χ3n) is 5.71. The van der Waals surface area contributed by atoms with Crippen molar-refractivity contribution in [3.05, 3.63) is 58.9 Å². The van der Waals surface area contributed by atoms with Crippen molar-refractivity contribution in [3.63, 3.8) is 0 Å². The Bertz CT molecular complexity index is 1030. The highest BCUT2D eigenvalue weighted by atomic mass is 19.1. The quantitative estimate of drug-likeness (QED) is 0.486. The standard InChI is InChI=1S/C25H30FNO8/c1-15-9-20(21(24(29)32-3)23(22(15)26)35-16(2)12-28)34-14-18-10-19(11-27(18)25(30)31)33-13-17-7-5-4-6-8-17/h4-9,16,18-19,28H,10-14H2,1-3H3,(H,30,31)/t16?,18-,19+/m1/s1. The number of carboxylic acid groups (broad SMARTS) is 1. The van der Waals surface area contributed by atoms with E-state index in [1.807, 2.05) is 30.3 Å². The second-order valence-electron chi connectivity index (χ2n) is 8.37. The summed E-state index contributed by atoms with van der Waals surface area (Å²) in [7, 11) is 1.14. The molecule has 1 fully saturated rings. The zero-order chi connectivity index (χ0) is 25.5. The number of ether oxygens (including phenoxy) is 4. The molecule has 0 bridgehead atoms. The highest BCUT2D eigenvalue weighted by Gasteiger charge is 2.37. The molecule has 0 radical (unpaired) electrons. The number of rotatable bonds is 10. The van der Waals surface area contributed by atoms with Crippen LogP contribution in [0.5, 0.6) is 11.5 Å². The van der Waals surface area contributed by atoms with Crippen molar-refractivity contribution in [2.45, 2.75) is 45.1 Å². The maximum atomic E-state index is 14.8. The molecule has 0 saturated carbocycles. The van der Waals surface area contributed by atoms with E-state index in [1.165, 1.54) is 24.8 Å². The summed E-state index contributed by atoms with van der Waals surface area (Å²) in [5.74, 6) is -2.06. The minimum Gasteiger partial charge on any atom is -0.490 e. The van der Waals surface area contributed by atoms with E-state index in [9.17, 15) is 24.2 Å². The predicted molar refractivity (Wildman–Crippen MR) is 123 cm³/mol. The number of aryl methyl sites for hydroxylation is 1. The minimum atomic E-state index is -1.12. The van der Waals surface area contributed by atoms with Gasteiger partial charge in [0.25, 0.3) is 0 Å². The topological polar surface area (TPSA) is 115 Å². The van der Waals surface area contributed by atoms with Crippen molar-refractivity contribution < 1.29 is 43.1 Å². The molecule has 3 rings (SSSR count). The monoisotopic (exact) mass is 491 g/mol. The van der Waals surface area contributed by atoms with E-state index in [-0.39, 0.29) is 41.9 Å². The smallest absolute Gasteiger partial charge is 0.407 e. The van der Waals surface area contributed by atoms with Crippen molar-refractivity contribution in [1.82, 2.24) is 4.90 Å². The number of aliphatic hydroxyl groups excluding tert-OH is 1. The molecule has 1 saturated heterocycles. The summed E-state index contributed by atoms with van der Waals surface area (Å²) < 4.78 is 36.9. The van der Waals surface area contributed by atoms with Crippen molar-refractivity contribution in [1.29, 1.82) is 0 Å². The molecule has 10 heteroatoms. The molecule has 1 aliphatic heterocycles. The number of benzene rings is 2. The lowest BCUT2D eigenvalue weighted by Gasteiger charge is -2.23. The second-order valence-corrected chi connectivity index (χ2v) is 8.37. The van der Waals surface area contributed by atoms with Crippen molar-refractivity contribution in [2.75, 3.05) is 26.9 Å². The summed E-state index contributed by atoms with van der Waals surface area (Å²) in [5.41, 5.74) is 0.856. The molecule has 0 aromatic heterocycles. The Morgan fingerprint density at radius 3 is 2.60 bits per heavy atom. The number of amides is 1. The van der Waals surface area contributed by atoms with Crippen LogP contribution in [0.2, 0.25) is 0 Å². The number of aliphatic hydroxyl groups is 1. The highest BCUT2D eigenvalue weighted by molar-refractivity contribution is 5.96. The average Bonchev–Trinajstić information content (AvgIpc) is 3.28. The van der Waals surface area contributed by atoms with Crippen molar-refractivity contribution in [2.24, 2.45) is 0 Å². The van der Waals surface area contributed by atoms with Crippen LogP contribution in [0.4, 0.5) is 9.18 Å². The fourth-order valence-corrected chi connectivity index (χ4v) is 3.85. The van der Waals surface area contributed by atoms with Gasteiger partial charge in [-0.25, -0.2) is 14.0 Å². The van der Waals surface area contributed by atoms with Gasteiger partial charge in [0.1, 0.15) is 24.0 Å². The normalized spacial score (nSPS) is 18.3. The van der Waals surface area contributed by atoms with Gasteiger partial charge < -0.3 is 29.2 Å². The molecule has 0 aliphatic carbocycles. The lowest BCUT2D eigenvalue weighted by Crippen LogP contribution is -2.38. The van der Waals surface area contributed by atoms with Gasteiger partial charge in [-0.3, -0.25) is 4.90 Å². The number of hydrogen-bond donors (Lipinski definition) is 2. The zero-order valence-corrected chi connectivity index (χ0v) is 19.9. The molecular weight excluding hydrogens is 461 g/mol. The van der Waals surface area contributed by atoms with Crippen LogP contribution in [-0.4, -0.2) is 72.3 Å². The number of methoxy groups -OCH3 is 1. The summed E-state index contributed by atoms with van der Waals surface area (Å²) in [5, 5.41) is 19.0. The van der Waals surface area contributed by atoms with E-state index < -0.39 is 36.6 Å². The minimum absolute atomic E-state index is 0.00474. The number of halogens is 1. The van der Waals surface area contributed by atoms with Crippen LogP contribution in [0.1, 0.15) is 34.8 Å². The van der Waals surface area contributed by atoms with Gasteiger partial charge >= 0.3 is 12.1 Å². The second kappa shape index (κ2) is 11.9. The zero-order valence-electron chi connectivity index (χ0n) is 19.9. The number of nitrogens with zero attached hydrogens (tertiary/aromatic N) is 1. The summed E-state index contributed by atoms with van der Waals surface area (Å²) in [4.78, 5) is 25.5. The van der Waals surface area contributed by atoms with E-state index in [1.54, 1.807) is 0 Å². The first-order valence-corrected chi connectivity index (χ1v) is 11.2. The molecule has 1 heterocycles. The Morgan fingerprint density at radius 1 is 1.26 bits per heavy atom. The maximum absolute atomic E-state index is 14.8. The van der Waals surface area contributed by atoms with E-state index in [0.717, 1.165) is 12.7 Å². The Hall–Kier alpha value is -3.37. The Kier molecular flexibility index (Phi) is 8.89. The summed E-state index contributed by atoms with van der Waals surface area (Å²) in [6.07, 6.45) is -1.85. The van der Waals surface area contributed by atoms with Gasteiger partial charge in [-0.2, -0.15) is 0 Å². The first kappa shape index (κ1) is 26.2. The van der Waals surface area contributed by atoms with Gasteiger partial charge in [-0.05, 0) is 37.5 Å². The number of hydrogen-bond acceptors (Lipinski definition) is 7. The molecule has 35 heavy (non-hydrogen) atoms. The first-order valence-electron chi connectivity index (χ1n) is 11.2. The van der Waals surface area contributed by atoms with Crippen LogP contribution in [0.3, 0.4) is 0 Å². The highest BCUT2D eigenvalue weighted by Crippen LogP contribution is 2.36. The first-order chi connectivity index (χ1) is 16.7. The molecule has 1 aliphatic rings. The third kappa shape index (κ3) is 6.40. The molecular formula is C25H30FNO8. The van der Waals surface area contributed by atoms with Gasteiger partial charge in [0, 0.05) is 0 Å². The van der Waals surface area contributed by atoms with Crippen LogP contribution in [0.25, 0.3) is 0 Å². The molecule has 0 spiro atoms. The largest absolute Gasteiger partial charge is 0.490 e. The van der Waals surface area contributed by atoms with Crippen molar-refractivity contribution >= 4 is 12.1 Å². The molecule has 2 aromatic carbocycles. The number of esters is 1. The molecule has 1 amide bonds. The number of likely N-dealkylation sites (tertiary alicyclic amines) is 1. The van der Waals surface area contributed by atoms with E-state index in [4.69, 9.17) is 18.9 Å². The lowest BCUT2D eigenvalue weighted by atomic mass is 10.1. The van der Waals surface area contributed by atoms with Crippen LogP contribution in [0, 0.1) is 12.7 Å². The lowest BCUT2D eigenvalue weighted by molar-refractivity contribution is 0.0464. The third-order valence-corrected chi connectivity index (χ3v) is 5.71.